The molecule has 0 atom stereocenters. The molecule has 4 aromatic carbocycles. The van der Waals surface area contributed by atoms with E-state index in [-0.39, 0.29) is 0 Å². The van der Waals surface area contributed by atoms with Gasteiger partial charge in [0, 0.05) is 40.2 Å². The average molecular weight is 482 g/mol. The summed E-state index contributed by atoms with van der Waals surface area (Å²) < 4.78 is 10.4. The summed E-state index contributed by atoms with van der Waals surface area (Å²) in [6.45, 7) is 5.13. The second-order valence-corrected chi connectivity index (χ2v) is 9.62. The van der Waals surface area contributed by atoms with E-state index < -0.39 is 0 Å². The molecule has 7 rings (SSSR count). The Balaban J connectivity index is 1.66. The van der Waals surface area contributed by atoms with E-state index in [1.807, 2.05) is 18.2 Å². The van der Waals surface area contributed by atoms with E-state index in [0.717, 1.165) is 22.0 Å². The Hall–Kier alpha value is -4.70. The molecule has 37 heavy (non-hydrogen) atoms. The zero-order valence-corrected chi connectivity index (χ0v) is 21.0. The van der Waals surface area contributed by atoms with Gasteiger partial charge >= 0.3 is 0 Å². The SMILES string of the molecule is C=c1ccccn(CN(C)c2ccccc2OC)c2c1cc1c3ccccc3n3c4ccccc4c2c13. The Morgan fingerprint density at radius 3 is 2.22 bits per heavy atom. The summed E-state index contributed by atoms with van der Waals surface area (Å²) in [5, 5.41) is 7.19. The number of fused-ring (bicyclic) bond motifs is 8. The number of rotatable bonds is 4. The minimum absolute atomic E-state index is 0.645. The normalized spacial score (nSPS) is 11.7. The molecule has 0 N–H and O–H groups in total. The number of aromatic nitrogens is 2. The first-order valence-electron chi connectivity index (χ1n) is 12.5. The molecule has 180 valence electrons. The fourth-order valence-electron chi connectivity index (χ4n) is 5.90. The van der Waals surface area contributed by atoms with Gasteiger partial charge in [-0.15, -0.1) is 0 Å². The third kappa shape index (κ3) is 3.09. The molecule has 0 bridgehead atoms. The zero-order chi connectivity index (χ0) is 25.1. The summed E-state index contributed by atoms with van der Waals surface area (Å²) in [5.74, 6) is 0.857. The van der Waals surface area contributed by atoms with Gasteiger partial charge in [0.15, 0.2) is 0 Å². The lowest BCUT2D eigenvalue weighted by atomic mass is 10.0. The van der Waals surface area contributed by atoms with Gasteiger partial charge in [-0.1, -0.05) is 67.2 Å². The minimum Gasteiger partial charge on any atom is -0.495 e. The van der Waals surface area contributed by atoms with E-state index in [2.05, 4.69) is 113 Å². The largest absolute Gasteiger partial charge is 0.495 e. The molecule has 0 spiro atoms. The maximum Gasteiger partial charge on any atom is 0.142 e. The van der Waals surface area contributed by atoms with Crippen molar-refractivity contribution in [2.75, 3.05) is 19.1 Å². The molecule has 0 fully saturated rings. The lowest BCUT2D eigenvalue weighted by Gasteiger charge is -2.24. The van der Waals surface area contributed by atoms with E-state index in [9.17, 15) is 0 Å². The topological polar surface area (TPSA) is 21.8 Å². The van der Waals surface area contributed by atoms with Crippen molar-refractivity contribution < 1.29 is 4.74 Å². The highest BCUT2D eigenvalue weighted by molar-refractivity contribution is 6.30. The lowest BCUT2D eigenvalue weighted by Crippen LogP contribution is -2.22. The van der Waals surface area contributed by atoms with Gasteiger partial charge in [0.2, 0.25) is 0 Å². The molecule has 7 aromatic rings. The van der Waals surface area contributed by atoms with Gasteiger partial charge in [-0.25, -0.2) is 0 Å². The Labute approximate surface area is 214 Å². The van der Waals surface area contributed by atoms with Gasteiger partial charge in [0.1, 0.15) is 5.75 Å². The van der Waals surface area contributed by atoms with Crippen molar-refractivity contribution in [2.24, 2.45) is 0 Å². The summed E-state index contributed by atoms with van der Waals surface area (Å²) >= 11 is 0. The van der Waals surface area contributed by atoms with Crippen LogP contribution in [0.2, 0.25) is 0 Å². The van der Waals surface area contributed by atoms with Crippen LogP contribution in [0.25, 0.3) is 55.6 Å². The number of hydrogen-bond acceptors (Lipinski definition) is 2. The molecule has 4 nitrogen and oxygen atoms in total. The summed E-state index contributed by atoms with van der Waals surface area (Å²) in [6, 6.07) is 34.2. The first-order valence-corrected chi connectivity index (χ1v) is 12.5. The monoisotopic (exact) mass is 481 g/mol. The molecule has 0 unspecified atom stereocenters. The van der Waals surface area contributed by atoms with Crippen molar-refractivity contribution >= 4 is 61.3 Å². The van der Waals surface area contributed by atoms with Gasteiger partial charge in [-0.2, -0.15) is 0 Å². The predicted molar refractivity (Wildman–Crippen MR) is 156 cm³/mol. The first kappa shape index (κ1) is 21.6. The quantitative estimate of drug-likeness (QED) is 0.266. The molecule has 3 aromatic heterocycles. The molecule has 0 aliphatic rings. The number of nitrogens with zero attached hydrogens (tertiary/aromatic N) is 3. The van der Waals surface area contributed by atoms with Gasteiger partial charge < -0.3 is 18.6 Å². The molecule has 3 heterocycles. The predicted octanol–water partition coefficient (Wildman–Crippen LogP) is 7.15. The van der Waals surface area contributed by atoms with Crippen molar-refractivity contribution in [3.8, 4) is 5.75 Å². The average Bonchev–Trinajstić information content (AvgIpc) is 3.45. The summed E-state index contributed by atoms with van der Waals surface area (Å²) in [5.41, 5.74) is 5.94. The molecular formula is C33H27N3O. The van der Waals surface area contributed by atoms with E-state index >= 15 is 0 Å². The second kappa shape index (κ2) is 8.17. The van der Waals surface area contributed by atoms with Crippen molar-refractivity contribution in [3.05, 3.63) is 108 Å². The van der Waals surface area contributed by atoms with Crippen molar-refractivity contribution in [1.29, 1.82) is 0 Å². The molecule has 0 saturated heterocycles. The maximum absolute atomic E-state index is 5.67. The molecule has 0 radical (unpaired) electrons. The van der Waals surface area contributed by atoms with Gasteiger partial charge in [0.05, 0.1) is 41.5 Å². The van der Waals surface area contributed by atoms with Crippen LogP contribution in [0.4, 0.5) is 5.69 Å². The molecule has 4 heteroatoms. The Bertz CT molecular complexity index is 2050. The maximum atomic E-state index is 5.67. The Kier molecular flexibility index (Phi) is 4.76. The zero-order valence-electron chi connectivity index (χ0n) is 21.0. The highest BCUT2D eigenvalue weighted by Crippen LogP contribution is 2.42. The van der Waals surface area contributed by atoms with E-state index in [1.165, 1.54) is 43.6 Å². The molecule has 0 amide bonds. The fourth-order valence-corrected chi connectivity index (χ4v) is 5.90. The smallest absolute Gasteiger partial charge is 0.142 e. The van der Waals surface area contributed by atoms with Gasteiger partial charge in [-0.3, -0.25) is 0 Å². The highest BCUT2D eigenvalue weighted by Gasteiger charge is 2.21. The number of ether oxygens (including phenoxy) is 1. The van der Waals surface area contributed by atoms with E-state index in [4.69, 9.17) is 4.74 Å². The van der Waals surface area contributed by atoms with Crippen molar-refractivity contribution in [2.45, 2.75) is 6.67 Å². The van der Waals surface area contributed by atoms with Crippen LogP contribution in [-0.4, -0.2) is 23.1 Å². The third-order valence-electron chi connectivity index (χ3n) is 7.51. The number of methoxy groups -OCH3 is 1. The number of anilines is 1. The number of para-hydroxylation sites is 4. The highest BCUT2D eigenvalue weighted by atomic mass is 16.5. The van der Waals surface area contributed by atoms with E-state index in [0.29, 0.717) is 6.67 Å². The van der Waals surface area contributed by atoms with Gasteiger partial charge in [0.25, 0.3) is 0 Å². The van der Waals surface area contributed by atoms with Crippen molar-refractivity contribution in [3.63, 3.8) is 0 Å². The van der Waals surface area contributed by atoms with Crippen LogP contribution in [0.1, 0.15) is 0 Å². The first-order chi connectivity index (χ1) is 18.2. The standard InChI is InChI=1S/C33H27N3O/c1-22-12-10-11-19-35(21-34(2)29-17-8-9-18-30(29)37-3)32-25(22)20-26-23-13-4-6-15-27(23)36-28-16-7-5-14-24(28)31(32)33(26)36/h4-20H,1,21H2,2-3H3. The van der Waals surface area contributed by atoms with Crippen LogP contribution < -0.4 is 14.9 Å². The summed E-state index contributed by atoms with van der Waals surface area (Å²) in [7, 11) is 3.83. The van der Waals surface area contributed by atoms with Crippen LogP contribution in [0.5, 0.6) is 5.75 Å². The van der Waals surface area contributed by atoms with Crippen LogP contribution in [0, 0.1) is 0 Å². The van der Waals surface area contributed by atoms with Gasteiger partial charge in [-0.05, 0) is 41.6 Å². The number of hydrogen-bond donors (Lipinski definition) is 0. The minimum atomic E-state index is 0.645. The molecule has 0 aliphatic carbocycles. The summed E-state index contributed by atoms with van der Waals surface area (Å²) in [4.78, 5) is 2.23. The third-order valence-corrected chi connectivity index (χ3v) is 7.51. The van der Waals surface area contributed by atoms with Crippen LogP contribution >= 0.6 is 0 Å². The van der Waals surface area contributed by atoms with Crippen LogP contribution in [0.15, 0.2) is 103 Å². The Morgan fingerprint density at radius 2 is 1.41 bits per heavy atom. The molecule has 0 aliphatic heterocycles. The van der Waals surface area contributed by atoms with E-state index in [1.54, 1.807) is 7.11 Å². The Morgan fingerprint density at radius 1 is 0.730 bits per heavy atom. The van der Waals surface area contributed by atoms with Crippen molar-refractivity contribution in [1.82, 2.24) is 8.97 Å². The number of benzene rings is 4. The van der Waals surface area contributed by atoms with Crippen LogP contribution in [0.3, 0.4) is 0 Å². The molecule has 0 saturated carbocycles. The molecular weight excluding hydrogens is 454 g/mol. The summed E-state index contributed by atoms with van der Waals surface area (Å²) in [6.07, 6.45) is 2.17. The lowest BCUT2D eigenvalue weighted by molar-refractivity contribution is 0.414. The fraction of sp³-hybridized carbons (Fsp3) is 0.0909. The second-order valence-electron chi connectivity index (χ2n) is 9.62. The van der Waals surface area contributed by atoms with Crippen LogP contribution in [-0.2, 0) is 6.67 Å².